The van der Waals surface area contributed by atoms with Crippen molar-refractivity contribution in [3.8, 4) is 0 Å². The average Bonchev–Trinajstić information content (AvgIpc) is 2.84. The van der Waals surface area contributed by atoms with E-state index in [2.05, 4.69) is 31.1 Å². The highest BCUT2D eigenvalue weighted by Crippen LogP contribution is 2.38. The lowest BCUT2D eigenvalue weighted by molar-refractivity contribution is 0.0365. The van der Waals surface area contributed by atoms with E-state index < -0.39 is 27.9 Å². The topological polar surface area (TPSA) is 138 Å². The predicted octanol–water partition coefficient (Wildman–Crippen LogP) is 4.00. The number of carbonyl (C=O) groups is 1. The fraction of sp³-hybridized carbons (Fsp3) is 0.462. The summed E-state index contributed by atoms with van der Waals surface area (Å²) in [6.07, 6.45) is 3.99. The summed E-state index contributed by atoms with van der Waals surface area (Å²) in [5.74, 6) is -0.409. The Labute approximate surface area is 229 Å². The number of aromatic nitrogens is 3. The van der Waals surface area contributed by atoms with Crippen molar-refractivity contribution < 1.29 is 22.4 Å². The van der Waals surface area contributed by atoms with Crippen molar-refractivity contribution in [2.45, 2.75) is 47.6 Å². The Bertz CT molecular complexity index is 1390. The molecule has 1 aliphatic rings. The van der Waals surface area contributed by atoms with E-state index in [0.29, 0.717) is 28.7 Å². The molecule has 0 saturated carbocycles. The molecule has 2 aromatic heterocycles. The smallest absolute Gasteiger partial charge is 0.278 e. The second kappa shape index (κ2) is 12.1. The van der Waals surface area contributed by atoms with E-state index in [9.17, 15) is 13.2 Å². The van der Waals surface area contributed by atoms with Gasteiger partial charge in [-0.3, -0.25) is 13.9 Å². The van der Waals surface area contributed by atoms with Crippen molar-refractivity contribution in [2.75, 3.05) is 30.5 Å². The molecule has 39 heavy (non-hydrogen) atoms. The van der Waals surface area contributed by atoms with Crippen LogP contribution in [0.3, 0.4) is 0 Å². The minimum atomic E-state index is -3.67. The van der Waals surface area contributed by atoms with Crippen LogP contribution in [0.15, 0.2) is 41.5 Å². The van der Waals surface area contributed by atoms with Gasteiger partial charge >= 0.3 is 0 Å². The third-order valence-corrected chi connectivity index (χ3v) is 7.48. The predicted molar refractivity (Wildman–Crippen MR) is 148 cm³/mol. The zero-order chi connectivity index (χ0) is 29.1. The van der Waals surface area contributed by atoms with Gasteiger partial charge in [0.2, 0.25) is 10.0 Å². The molecule has 0 saturated heterocycles. The largest absolute Gasteiger partial charge is 0.375 e. The number of hydrogen-bond donors (Lipinski definition) is 3. The van der Waals surface area contributed by atoms with Crippen LogP contribution >= 0.6 is 0 Å². The molecule has 13 heteroatoms. The van der Waals surface area contributed by atoms with Gasteiger partial charge in [-0.15, -0.1) is 0 Å². The highest BCUT2D eigenvalue weighted by Gasteiger charge is 2.36. The molecule has 0 aliphatic heterocycles. The van der Waals surface area contributed by atoms with Crippen molar-refractivity contribution in [1.82, 2.24) is 24.7 Å². The number of anilines is 3. The van der Waals surface area contributed by atoms with Crippen molar-refractivity contribution in [3.05, 3.63) is 58.6 Å². The highest BCUT2D eigenvalue weighted by molar-refractivity contribution is 7.88. The lowest BCUT2D eigenvalue weighted by Gasteiger charge is -2.37. The molecule has 2 unspecified atom stereocenters. The maximum Gasteiger partial charge on any atom is 0.278 e. The molecule has 2 aromatic rings. The zero-order valence-electron chi connectivity index (χ0n) is 23.5. The number of sulfonamides is 1. The molecule has 2 heterocycles. The first kappa shape index (κ1) is 30.0. The van der Waals surface area contributed by atoms with Crippen molar-refractivity contribution in [1.29, 1.82) is 0 Å². The molecule has 1 amide bonds. The maximum absolute atomic E-state index is 15.5. The monoisotopic (exact) mass is 561 g/mol. The Morgan fingerprint density at radius 3 is 2.49 bits per heavy atom. The van der Waals surface area contributed by atoms with Crippen LogP contribution in [0.1, 0.15) is 49.6 Å². The van der Waals surface area contributed by atoms with Gasteiger partial charge in [0.15, 0.2) is 0 Å². The zero-order valence-corrected chi connectivity index (χ0v) is 24.3. The summed E-state index contributed by atoms with van der Waals surface area (Å²) in [6.45, 7) is 10.9. The van der Waals surface area contributed by atoms with Gasteiger partial charge in [-0.05, 0) is 38.3 Å². The lowest BCUT2D eigenvalue weighted by atomic mass is 9.84. The van der Waals surface area contributed by atoms with Crippen molar-refractivity contribution in [2.24, 2.45) is 11.8 Å². The summed E-state index contributed by atoms with van der Waals surface area (Å²) in [5.41, 5.74) is 4.29. The Kier molecular flexibility index (Phi) is 9.28. The van der Waals surface area contributed by atoms with Crippen molar-refractivity contribution in [3.63, 3.8) is 0 Å². The van der Waals surface area contributed by atoms with Crippen LogP contribution in [0.5, 0.6) is 0 Å². The van der Waals surface area contributed by atoms with Crippen molar-refractivity contribution >= 4 is 33.3 Å². The second-order valence-electron chi connectivity index (χ2n) is 9.71. The fourth-order valence-electron chi connectivity index (χ4n) is 4.20. The summed E-state index contributed by atoms with van der Waals surface area (Å²) in [4.78, 5) is 31.0. The summed E-state index contributed by atoms with van der Waals surface area (Å²) in [6, 6.07) is 2.50. The number of rotatable bonds is 10. The molecule has 212 valence electrons. The van der Waals surface area contributed by atoms with Gasteiger partial charge in [-0.1, -0.05) is 20.8 Å². The van der Waals surface area contributed by atoms with Crippen LogP contribution in [0.25, 0.3) is 0 Å². The minimum absolute atomic E-state index is 0.122. The van der Waals surface area contributed by atoms with E-state index in [4.69, 9.17) is 4.84 Å². The third kappa shape index (κ3) is 7.09. The molecule has 0 radical (unpaired) electrons. The number of nitrogens with one attached hydrogen (secondary N) is 3. The molecule has 3 N–H and O–H groups in total. The number of allylic oxidation sites excluding steroid dienone is 2. The first-order valence-electron chi connectivity index (χ1n) is 12.6. The Morgan fingerprint density at radius 1 is 1.21 bits per heavy atom. The van der Waals surface area contributed by atoms with Gasteiger partial charge in [0, 0.05) is 37.0 Å². The van der Waals surface area contributed by atoms with E-state index >= 15 is 4.39 Å². The molecular formula is C26H36FN7O4S. The van der Waals surface area contributed by atoms with Crippen LogP contribution < -0.4 is 16.1 Å². The molecule has 0 aromatic carbocycles. The van der Waals surface area contributed by atoms with Gasteiger partial charge < -0.3 is 10.6 Å². The number of carbonyl (C=O) groups excluding carboxylic acids is 1. The van der Waals surface area contributed by atoms with Crippen LogP contribution in [-0.2, 0) is 14.9 Å². The Hall–Kier alpha value is -3.58. The van der Waals surface area contributed by atoms with Gasteiger partial charge in [0.25, 0.3) is 5.91 Å². The number of pyridine rings is 1. The molecule has 11 nitrogen and oxygen atoms in total. The molecule has 0 bridgehead atoms. The summed E-state index contributed by atoms with van der Waals surface area (Å²) >= 11 is 0. The lowest BCUT2D eigenvalue weighted by Crippen LogP contribution is -2.42. The fourth-order valence-corrected chi connectivity index (χ4v) is 4.75. The minimum Gasteiger partial charge on any atom is -0.375 e. The van der Waals surface area contributed by atoms with Crippen LogP contribution in [0.4, 0.5) is 21.7 Å². The van der Waals surface area contributed by atoms with Gasteiger partial charge in [-0.25, -0.2) is 33.2 Å². The maximum atomic E-state index is 15.5. The molecule has 0 fully saturated rings. The summed E-state index contributed by atoms with van der Waals surface area (Å²) < 4.78 is 41.7. The first-order chi connectivity index (χ1) is 18.2. The SMILES string of the molecule is CCONC(=O)c1cnc(Nc2cc(C)nc(C)n2)cc1NC1C(N(C)S(C)(=O)=O)=CC(C(C)C)=C(F)C1C. The number of amides is 1. The third-order valence-electron chi connectivity index (χ3n) is 6.27. The van der Waals surface area contributed by atoms with Crippen LogP contribution in [0, 0.1) is 25.7 Å². The first-order valence-corrected chi connectivity index (χ1v) is 14.4. The Balaban J connectivity index is 2.10. The number of hydroxylamine groups is 1. The summed E-state index contributed by atoms with van der Waals surface area (Å²) in [7, 11) is -2.25. The van der Waals surface area contributed by atoms with Gasteiger partial charge in [-0.2, -0.15) is 0 Å². The van der Waals surface area contributed by atoms with E-state index in [-0.39, 0.29) is 29.6 Å². The molecule has 3 rings (SSSR count). The number of nitrogens with zero attached hydrogens (tertiary/aromatic N) is 4. The quantitative estimate of drug-likeness (QED) is 0.367. The number of hydrogen-bond acceptors (Lipinski definition) is 9. The van der Waals surface area contributed by atoms with E-state index in [1.165, 1.54) is 13.2 Å². The molecular weight excluding hydrogens is 525 g/mol. The second-order valence-corrected chi connectivity index (χ2v) is 11.7. The molecule has 1 aliphatic carbocycles. The average molecular weight is 562 g/mol. The van der Waals surface area contributed by atoms with Gasteiger partial charge in [0.1, 0.15) is 23.3 Å². The van der Waals surface area contributed by atoms with Crippen LogP contribution in [0.2, 0.25) is 0 Å². The normalized spacial score (nSPS) is 17.6. The van der Waals surface area contributed by atoms with E-state index in [1.54, 1.807) is 39.0 Å². The Morgan fingerprint density at radius 2 is 1.90 bits per heavy atom. The highest BCUT2D eigenvalue weighted by atomic mass is 32.2. The molecule has 0 spiro atoms. The number of likely N-dealkylation sites (N-methyl/N-ethyl adjacent to an activating group) is 1. The van der Waals surface area contributed by atoms with Gasteiger partial charge in [0.05, 0.1) is 35.9 Å². The number of halogens is 1. The van der Waals surface area contributed by atoms with E-state index in [1.807, 2.05) is 20.8 Å². The number of aryl methyl sites for hydroxylation is 2. The van der Waals surface area contributed by atoms with Crippen LogP contribution in [-0.4, -0.2) is 59.5 Å². The molecule has 2 atom stereocenters. The standard InChI is InChI=1S/C26H36FN7O4S/c1-9-38-33-26(35)19-13-28-22(32-23-10-15(4)29-17(6)30-23)12-20(19)31-25-16(5)24(27)18(14(2)3)11-21(25)34(7)39(8,36)37/h10-14,16,25H,9H2,1-8H3,(H,33,35)(H2,28,29,30,31,32). The summed E-state index contributed by atoms with van der Waals surface area (Å²) in [5, 5.41) is 6.32. The van der Waals surface area contributed by atoms with E-state index in [0.717, 1.165) is 16.3 Å².